The Labute approximate surface area is 191 Å². The van der Waals surface area contributed by atoms with Crippen molar-refractivity contribution in [2.75, 3.05) is 42.6 Å². The van der Waals surface area contributed by atoms with Crippen LogP contribution in [0.4, 0.5) is 14.9 Å². The number of ether oxygens (including phenoxy) is 1. The summed E-state index contributed by atoms with van der Waals surface area (Å²) in [7, 11) is 0. The Morgan fingerprint density at radius 2 is 2.25 bits per heavy atom. The molecule has 170 valence electrons. The van der Waals surface area contributed by atoms with Gasteiger partial charge in [-0.15, -0.1) is 0 Å². The lowest BCUT2D eigenvalue weighted by molar-refractivity contribution is 0.123. The van der Waals surface area contributed by atoms with Crippen LogP contribution in [0.5, 0.6) is 0 Å². The highest BCUT2D eigenvalue weighted by molar-refractivity contribution is 7.99. The number of cyclic esters (lactones) is 1. The van der Waals surface area contributed by atoms with Crippen LogP contribution in [-0.4, -0.2) is 79.0 Å². The highest BCUT2D eigenvalue weighted by Gasteiger charge is 2.33. The van der Waals surface area contributed by atoms with E-state index in [4.69, 9.17) is 4.74 Å². The minimum absolute atomic E-state index is 0.106. The molecule has 1 N–H and O–H groups in total. The fourth-order valence-electron chi connectivity index (χ4n) is 3.84. The molecule has 2 atom stereocenters. The molecule has 0 spiro atoms. The molecule has 0 radical (unpaired) electrons. The average Bonchev–Trinajstić information content (AvgIpc) is 3.19. The van der Waals surface area contributed by atoms with Crippen molar-refractivity contribution in [3.05, 3.63) is 48.1 Å². The Hall–Kier alpha value is -2.85. The Morgan fingerprint density at radius 1 is 1.44 bits per heavy atom. The molecule has 4 rings (SSSR count). The lowest BCUT2D eigenvalue weighted by atomic mass is 10.1. The molecule has 3 heterocycles. The van der Waals surface area contributed by atoms with Crippen molar-refractivity contribution in [3.8, 4) is 0 Å². The van der Waals surface area contributed by atoms with E-state index in [1.807, 2.05) is 24.8 Å². The summed E-state index contributed by atoms with van der Waals surface area (Å²) in [5.41, 5.74) is 1.54. The largest absolute Gasteiger partial charge is 0.442 e. The number of aliphatic imine (C=N–C) groups is 1. The van der Waals surface area contributed by atoms with Crippen molar-refractivity contribution >= 4 is 42.0 Å². The van der Waals surface area contributed by atoms with Gasteiger partial charge in [-0.2, -0.15) is 16.9 Å². The zero-order chi connectivity index (χ0) is 22.5. The molecule has 3 aliphatic heterocycles. The summed E-state index contributed by atoms with van der Waals surface area (Å²) in [6, 6.07) is 4.75. The van der Waals surface area contributed by atoms with E-state index in [2.05, 4.69) is 27.0 Å². The smallest absolute Gasteiger partial charge is 0.414 e. The van der Waals surface area contributed by atoms with Gasteiger partial charge in [-0.25, -0.2) is 9.18 Å². The zero-order valence-electron chi connectivity index (χ0n) is 18.0. The van der Waals surface area contributed by atoms with E-state index in [1.165, 1.54) is 11.0 Å². The first-order chi connectivity index (χ1) is 15.6. The van der Waals surface area contributed by atoms with Crippen LogP contribution in [0.15, 0.2) is 46.8 Å². The number of carbonyl (C=O) groups is 1. The van der Waals surface area contributed by atoms with Crippen LogP contribution in [0, 0.1) is 5.82 Å². The number of halogens is 1. The second kappa shape index (κ2) is 10.2. The summed E-state index contributed by atoms with van der Waals surface area (Å²) < 4.78 is 20.4. The van der Waals surface area contributed by atoms with Gasteiger partial charge in [0.15, 0.2) is 6.29 Å². The first-order valence-electron chi connectivity index (χ1n) is 10.5. The number of hydrogen-bond donors (Lipinski definition) is 1. The van der Waals surface area contributed by atoms with Crippen LogP contribution < -0.4 is 10.2 Å². The minimum atomic E-state index is -0.505. The number of carbonyl (C=O) groups excluding carboxylic acids is 1. The average molecular weight is 459 g/mol. The van der Waals surface area contributed by atoms with Gasteiger partial charge < -0.3 is 10.1 Å². The lowest BCUT2D eigenvalue weighted by Crippen LogP contribution is -2.47. The standard InChI is InChI=1S/C22H27FN6O2S/c1-3-6-28(24-2)14-18-15-29(22(30)31-18)17-4-5-19(20(23)11-17)16-12-25-21(26-13-16)27-7-9-32-10-8-27/h3-6,11-13,18,21,25H,2,7-10,14-15H2,1H3/b6-3-. The van der Waals surface area contributed by atoms with Gasteiger partial charge in [0.1, 0.15) is 11.9 Å². The van der Waals surface area contributed by atoms with Gasteiger partial charge in [0.2, 0.25) is 0 Å². The van der Waals surface area contributed by atoms with Crippen LogP contribution >= 0.6 is 11.8 Å². The van der Waals surface area contributed by atoms with Gasteiger partial charge in [-0.1, -0.05) is 6.08 Å². The van der Waals surface area contributed by atoms with Crippen LogP contribution in [0.2, 0.25) is 0 Å². The number of anilines is 1. The number of allylic oxidation sites excluding steroid dienone is 2. The van der Waals surface area contributed by atoms with Gasteiger partial charge >= 0.3 is 6.09 Å². The number of thioether (sulfide) groups is 1. The van der Waals surface area contributed by atoms with Crippen LogP contribution in [0.3, 0.4) is 0 Å². The normalized spacial score (nSPS) is 23.8. The van der Waals surface area contributed by atoms with E-state index in [9.17, 15) is 9.18 Å². The highest BCUT2D eigenvalue weighted by atomic mass is 32.2. The van der Waals surface area contributed by atoms with E-state index in [1.54, 1.807) is 35.8 Å². The molecule has 0 bridgehead atoms. The topological polar surface area (TPSA) is 72.8 Å². The quantitative estimate of drug-likeness (QED) is 0.500. The third-order valence-electron chi connectivity index (χ3n) is 5.48. The minimum Gasteiger partial charge on any atom is -0.442 e. The van der Waals surface area contributed by atoms with E-state index >= 15 is 0 Å². The van der Waals surface area contributed by atoms with Crippen molar-refractivity contribution in [1.29, 1.82) is 0 Å². The predicted molar refractivity (Wildman–Crippen MR) is 127 cm³/mol. The molecule has 3 aliphatic rings. The lowest BCUT2D eigenvalue weighted by Gasteiger charge is -2.33. The molecule has 2 saturated heterocycles. The number of hydrogen-bond acceptors (Lipinski definition) is 8. The summed E-state index contributed by atoms with van der Waals surface area (Å²) >= 11 is 1.94. The second-order valence-corrected chi connectivity index (χ2v) is 8.82. The Balaban J connectivity index is 1.41. The first-order valence-corrected chi connectivity index (χ1v) is 11.7. The van der Waals surface area contributed by atoms with Crippen molar-refractivity contribution < 1.29 is 13.9 Å². The van der Waals surface area contributed by atoms with Gasteiger partial charge in [-0.3, -0.25) is 19.8 Å². The Bertz CT molecular complexity index is 946. The molecule has 8 nitrogen and oxygen atoms in total. The third kappa shape index (κ3) is 4.97. The highest BCUT2D eigenvalue weighted by Crippen LogP contribution is 2.27. The molecule has 10 heteroatoms. The number of benzene rings is 1. The van der Waals surface area contributed by atoms with Crippen molar-refractivity contribution in [1.82, 2.24) is 15.2 Å². The third-order valence-corrected chi connectivity index (χ3v) is 6.42. The molecular formula is C22H27FN6O2S. The summed E-state index contributed by atoms with van der Waals surface area (Å²) in [4.78, 5) is 20.6. The van der Waals surface area contributed by atoms with Crippen molar-refractivity contribution in [2.45, 2.75) is 19.3 Å². The van der Waals surface area contributed by atoms with Crippen molar-refractivity contribution in [2.24, 2.45) is 10.1 Å². The van der Waals surface area contributed by atoms with E-state index in [0.717, 1.165) is 24.6 Å². The van der Waals surface area contributed by atoms with Crippen LogP contribution in [-0.2, 0) is 4.74 Å². The van der Waals surface area contributed by atoms with Crippen LogP contribution in [0.1, 0.15) is 12.5 Å². The number of nitrogens with one attached hydrogen (secondary N) is 1. The van der Waals surface area contributed by atoms with Gasteiger partial charge in [0.05, 0.1) is 18.8 Å². The molecule has 1 aromatic carbocycles. The molecule has 2 unspecified atom stereocenters. The molecule has 1 aromatic rings. The molecule has 0 saturated carbocycles. The fourth-order valence-corrected chi connectivity index (χ4v) is 4.78. The van der Waals surface area contributed by atoms with Crippen LogP contribution in [0.25, 0.3) is 5.57 Å². The monoisotopic (exact) mass is 458 g/mol. The molecule has 1 amide bonds. The summed E-state index contributed by atoms with van der Waals surface area (Å²) in [5, 5.41) is 8.74. The molecule has 0 aliphatic carbocycles. The van der Waals surface area contributed by atoms with E-state index in [0.29, 0.717) is 29.9 Å². The summed E-state index contributed by atoms with van der Waals surface area (Å²) in [6.07, 6.45) is 6.08. The zero-order valence-corrected chi connectivity index (χ0v) is 18.8. The number of rotatable bonds is 7. The summed E-state index contributed by atoms with van der Waals surface area (Å²) in [6.45, 7) is 8.02. The maximum absolute atomic E-state index is 15.0. The first kappa shape index (κ1) is 22.3. The van der Waals surface area contributed by atoms with Gasteiger partial charge in [0.25, 0.3) is 0 Å². The van der Waals surface area contributed by atoms with E-state index < -0.39 is 18.0 Å². The SMILES string of the molecule is C=NN(/C=C\C)CC1CN(c2ccc(C3=CNC(N4CCSCC4)N=C3)c(F)c2)C(=O)O1. The summed E-state index contributed by atoms with van der Waals surface area (Å²) in [5.74, 6) is 1.77. The predicted octanol–water partition coefficient (Wildman–Crippen LogP) is 2.95. The maximum Gasteiger partial charge on any atom is 0.414 e. The second-order valence-electron chi connectivity index (χ2n) is 7.59. The molecule has 0 aromatic heterocycles. The van der Waals surface area contributed by atoms with E-state index in [-0.39, 0.29) is 6.29 Å². The number of amides is 1. The fraction of sp³-hybridized carbons (Fsp3) is 0.409. The number of hydrazone groups is 1. The molecule has 32 heavy (non-hydrogen) atoms. The maximum atomic E-state index is 15.0. The van der Waals surface area contributed by atoms with Crippen molar-refractivity contribution in [3.63, 3.8) is 0 Å². The Morgan fingerprint density at radius 3 is 2.91 bits per heavy atom. The Kier molecular flexibility index (Phi) is 7.11. The van der Waals surface area contributed by atoms with Gasteiger partial charge in [-0.05, 0) is 25.1 Å². The molecule has 2 fully saturated rings. The number of nitrogens with zero attached hydrogens (tertiary/aromatic N) is 5. The van der Waals surface area contributed by atoms with Gasteiger partial charge in [0, 0.05) is 61.1 Å². The molecular weight excluding hydrogens is 431 g/mol.